The van der Waals surface area contributed by atoms with Crippen molar-refractivity contribution >= 4 is 22.7 Å². The smallest absolute Gasteiger partial charge is 0.201 e. The lowest BCUT2D eigenvalue weighted by Crippen LogP contribution is -2.40. The first-order chi connectivity index (χ1) is 14.3. The van der Waals surface area contributed by atoms with E-state index >= 15 is 0 Å². The molecule has 6 heteroatoms. The first-order valence-corrected chi connectivity index (χ1v) is 9.72. The SMILES string of the molecule is c1ccc(Oc2ccc(CNc3nc4ccc(NC5COC5)cc4[nH]3)cc2)cc1. The largest absolute Gasteiger partial charge is 0.457 e. The van der Waals surface area contributed by atoms with Gasteiger partial charge in [-0.05, 0) is 48.0 Å². The summed E-state index contributed by atoms with van der Waals surface area (Å²) in [6.45, 7) is 2.21. The Kier molecular flexibility index (Phi) is 4.76. The molecule has 1 saturated heterocycles. The molecule has 1 aromatic heterocycles. The van der Waals surface area contributed by atoms with Crippen LogP contribution in [0.2, 0.25) is 0 Å². The molecule has 0 spiro atoms. The number of para-hydroxylation sites is 1. The number of anilines is 2. The van der Waals surface area contributed by atoms with Gasteiger partial charge >= 0.3 is 0 Å². The highest BCUT2D eigenvalue weighted by Gasteiger charge is 2.17. The van der Waals surface area contributed by atoms with Gasteiger partial charge in [0.2, 0.25) is 5.95 Å². The summed E-state index contributed by atoms with van der Waals surface area (Å²) in [5.74, 6) is 2.41. The summed E-state index contributed by atoms with van der Waals surface area (Å²) in [6, 6.07) is 24.4. The Labute approximate surface area is 168 Å². The van der Waals surface area contributed by atoms with Crippen LogP contribution < -0.4 is 15.4 Å². The number of ether oxygens (including phenoxy) is 2. The molecule has 29 heavy (non-hydrogen) atoms. The van der Waals surface area contributed by atoms with Gasteiger partial charge in [0.15, 0.2) is 0 Å². The Balaban J connectivity index is 1.20. The maximum Gasteiger partial charge on any atom is 0.201 e. The quantitative estimate of drug-likeness (QED) is 0.426. The third kappa shape index (κ3) is 4.17. The summed E-state index contributed by atoms with van der Waals surface area (Å²) in [4.78, 5) is 7.95. The number of imidazole rings is 1. The van der Waals surface area contributed by atoms with E-state index in [2.05, 4.69) is 44.9 Å². The highest BCUT2D eigenvalue weighted by molar-refractivity contribution is 5.81. The van der Waals surface area contributed by atoms with E-state index < -0.39 is 0 Å². The van der Waals surface area contributed by atoms with Crippen molar-refractivity contribution in [2.75, 3.05) is 23.8 Å². The number of hydrogen-bond donors (Lipinski definition) is 3. The van der Waals surface area contributed by atoms with Gasteiger partial charge in [0.05, 0.1) is 30.3 Å². The van der Waals surface area contributed by atoms with Crippen LogP contribution in [-0.4, -0.2) is 29.2 Å². The lowest BCUT2D eigenvalue weighted by molar-refractivity contribution is 0.0211. The van der Waals surface area contributed by atoms with E-state index in [1.807, 2.05) is 48.5 Å². The van der Waals surface area contributed by atoms with Gasteiger partial charge in [-0.3, -0.25) is 0 Å². The summed E-state index contributed by atoms with van der Waals surface area (Å²) in [7, 11) is 0. The molecule has 0 aliphatic carbocycles. The van der Waals surface area contributed by atoms with Crippen LogP contribution in [0, 0.1) is 0 Å². The Bertz CT molecular complexity index is 1090. The lowest BCUT2D eigenvalue weighted by Gasteiger charge is -2.27. The second kappa shape index (κ2) is 7.85. The van der Waals surface area contributed by atoms with Gasteiger partial charge in [0.25, 0.3) is 0 Å². The van der Waals surface area contributed by atoms with E-state index in [0.717, 1.165) is 52.9 Å². The molecule has 1 fully saturated rings. The number of fused-ring (bicyclic) bond motifs is 1. The van der Waals surface area contributed by atoms with E-state index in [0.29, 0.717) is 12.6 Å². The van der Waals surface area contributed by atoms with Gasteiger partial charge in [0.1, 0.15) is 11.5 Å². The molecule has 146 valence electrons. The summed E-state index contributed by atoms with van der Waals surface area (Å²) in [5, 5.41) is 6.81. The maximum absolute atomic E-state index is 5.83. The monoisotopic (exact) mass is 386 g/mol. The van der Waals surface area contributed by atoms with Crippen LogP contribution in [0.1, 0.15) is 5.56 Å². The van der Waals surface area contributed by atoms with Crippen molar-refractivity contribution in [1.29, 1.82) is 0 Å². The van der Waals surface area contributed by atoms with Gasteiger partial charge in [-0.2, -0.15) is 0 Å². The van der Waals surface area contributed by atoms with E-state index in [-0.39, 0.29) is 0 Å². The third-order valence-electron chi connectivity index (χ3n) is 4.85. The lowest BCUT2D eigenvalue weighted by atomic mass is 10.2. The van der Waals surface area contributed by atoms with Gasteiger partial charge < -0.3 is 25.1 Å². The minimum absolute atomic E-state index is 0.404. The highest BCUT2D eigenvalue weighted by atomic mass is 16.5. The molecule has 2 heterocycles. The predicted octanol–water partition coefficient (Wildman–Crippen LogP) is 4.78. The van der Waals surface area contributed by atoms with Gasteiger partial charge in [-0.1, -0.05) is 30.3 Å². The predicted molar refractivity (Wildman–Crippen MR) is 115 cm³/mol. The van der Waals surface area contributed by atoms with Crippen molar-refractivity contribution < 1.29 is 9.47 Å². The summed E-state index contributed by atoms with van der Waals surface area (Å²) >= 11 is 0. The summed E-state index contributed by atoms with van der Waals surface area (Å²) < 4.78 is 11.0. The molecule has 4 aromatic rings. The standard InChI is InChI=1S/C23H22N4O2/c1-2-4-19(5-3-1)29-20-9-6-16(7-10-20)13-24-23-26-21-11-8-17(12-22(21)27-23)25-18-14-28-15-18/h1-12,18,25H,13-15H2,(H2,24,26,27). The van der Waals surface area contributed by atoms with Crippen molar-refractivity contribution in [2.24, 2.45) is 0 Å². The molecule has 0 atom stereocenters. The molecule has 0 unspecified atom stereocenters. The number of nitrogens with zero attached hydrogens (tertiary/aromatic N) is 1. The summed E-state index contributed by atoms with van der Waals surface area (Å²) in [6.07, 6.45) is 0. The Morgan fingerprint density at radius 2 is 1.76 bits per heavy atom. The van der Waals surface area contributed by atoms with Crippen LogP contribution in [-0.2, 0) is 11.3 Å². The fraction of sp³-hybridized carbons (Fsp3) is 0.174. The number of aromatic nitrogens is 2. The molecule has 5 rings (SSSR count). The van der Waals surface area contributed by atoms with Crippen molar-refractivity contribution in [2.45, 2.75) is 12.6 Å². The second-order valence-corrected chi connectivity index (χ2v) is 7.11. The fourth-order valence-corrected chi connectivity index (χ4v) is 3.22. The van der Waals surface area contributed by atoms with Crippen molar-refractivity contribution in [1.82, 2.24) is 9.97 Å². The van der Waals surface area contributed by atoms with E-state index in [1.54, 1.807) is 0 Å². The summed E-state index contributed by atoms with van der Waals surface area (Å²) in [5.41, 5.74) is 4.17. The minimum atomic E-state index is 0.404. The minimum Gasteiger partial charge on any atom is -0.457 e. The first-order valence-electron chi connectivity index (χ1n) is 9.72. The van der Waals surface area contributed by atoms with Crippen molar-refractivity contribution in [3.8, 4) is 11.5 Å². The van der Waals surface area contributed by atoms with Gasteiger partial charge in [-0.15, -0.1) is 0 Å². The normalized spacial score (nSPS) is 13.8. The highest BCUT2D eigenvalue weighted by Crippen LogP contribution is 2.23. The molecule has 3 N–H and O–H groups in total. The Morgan fingerprint density at radius 3 is 2.52 bits per heavy atom. The second-order valence-electron chi connectivity index (χ2n) is 7.11. The molecule has 0 bridgehead atoms. The van der Waals surface area contributed by atoms with Crippen molar-refractivity contribution in [3.05, 3.63) is 78.4 Å². The number of rotatable bonds is 7. The van der Waals surface area contributed by atoms with Crippen LogP contribution >= 0.6 is 0 Å². The van der Waals surface area contributed by atoms with Crippen LogP contribution in [0.25, 0.3) is 11.0 Å². The van der Waals surface area contributed by atoms with E-state index in [4.69, 9.17) is 9.47 Å². The van der Waals surface area contributed by atoms with Gasteiger partial charge in [0, 0.05) is 12.2 Å². The molecule has 0 saturated carbocycles. The number of benzene rings is 3. The van der Waals surface area contributed by atoms with E-state index in [1.165, 1.54) is 0 Å². The molecule has 0 radical (unpaired) electrons. The average Bonchev–Trinajstić information content (AvgIpc) is 3.13. The molecule has 0 amide bonds. The van der Waals surface area contributed by atoms with E-state index in [9.17, 15) is 0 Å². The number of H-pyrrole nitrogens is 1. The van der Waals surface area contributed by atoms with Crippen LogP contribution in [0.4, 0.5) is 11.6 Å². The zero-order valence-electron chi connectivity index (χ0n) is 15.9. The fourth-order valence-electron chi connectivity index (χ4n) is 3.22. The number of nitrogens with one attached hydrogen (secondary N) is 3. The van der Waals surface area contributed by atoms with Crippen LogP contribution in [0.5, 0.6) is 11.5 Å². The number of hydrogen-bond acceptors (Lipinski definition) is 5. The Morgan fingerprint density at radius 1 is 0.966 bits per heavy atom. The average molecular weight is 386 g/mol. The van der Waals surface area contributed by atoms with Gasteiger partial charge in [-0.25, -0.2) is 4.98 Å². The van der Waals surface area contributed by atoms with Crippen molar-refractivity contribution in [3.63, 3.8) is 0 Å². The molecular formula is C23H22N4O2. The topological polar surface area (TPSA) is 71.2 Å². The van der Waals surface area contributed by atoms with Crippen LogP contribution in [0.3, 0.4) is 0 Å². The zero-order valence-corrected chi connectivity index (χ0v) is 15.9. The van der Waals surface area contributed by atoms with Crippen LogP contribution in [0.15, 0.2) is 72.8 Å². The molecular weight excluding hydrogens is 364 g/mol. The molecule has 1 aliphatic rings. The molecule has 3 aromatic carbocycles. The third-order valence-corrected chi connectivity index (χ3v) is 4.85. The maximum atomic E-state index is 5.83. The Hall–Kier alpha value is -3.51. The molecule has 6 nitrogen and oxygen atoms in total. The zero-order chi connectivity index (χ0) is 19.5. The number of aromatic amines is 1. The first kappa shape index (κ1) is 17.6. The molecule has 1 aliphatic heterocycles.